The molecule has 0 saturated heterocycles. The molecular formula is C22H23FN4O. The Kier molecular flexibility index (Phi) is 6.32. The van der Waals surface area contributed by atoms with Gasteiger partial charge in [-0.05, 0) is 47.7 Å². The first-order valence-corrected chi connectivity index (χ1v) is 9.23. The molecule has 0 aliphatic rings. The minimum atomic E-state index is -0.289. The van der Waals surface area contributed by atoms with Gasteiger partial charge in [0, 0.05) is 12.2 Å². The number of carbonyl (C=O) groups is 1. The van der Waals surface area contributed by atoms with Gasteiger partial charge in [0.15, 0.2) is 0 Å². The highest BCUT2D eigenvalue weighted by molar-refractivity contribution is 5.92. The quantitative estimate of drug-likeness (QED) is 0.637. The van der Waals surface area contributed by atoms with Crippen LogP contribution in [0.2, 0.25) is 0 Å². The first-order valence-electron chi connectivity index (χ1n) is 9.23. The predicted octanol–water partition coefficient (Wildman–Crippen LogP) is 4.46. The van der Waals surface area contributed by atoms with Crippen molar-refractivity contribution < 1.29 is 9.18 Å². The lowest BCUT2D eigenvalue weighted by molar-refractivity contribution is 0.0949. The number of benzene rings is 2. The molecule has 6 heteroatoms. The monoisotopic (exact) mass is 378 g/mol. The number of anilines is 2. The molecule has 5 nitrogen and oxygen atoms in total. The molecule has 3 rings (SSSR count). The van der Waals surface area contributed by atoms with Crippen LogP contribution in [0.5, 0.6) is 0 Å². The van der Waals surface area contributed by atoms with Crippen LogP contribution in [-0.4, -0.2) is 22.4 Å². The maximum atomic E-state index is 12.9. The van der Waals surface area contributed by atoms with Crippen LogP contribution in [0.3, 0.4) is 0 Å². The van der Waals surface area contributed by atoms with Gasteiger partial charge in [-0.2, -0.15) is 0 Å². The molecule has 0 saturated carbocycles. The van der Waals surface area contributed by atoms with E-state index in [9.17, 15) is 9.18 Å². The van der Waals surface area contributed by atoms with E-state index in [1.807, 2.05) is 12.1 Å². The lowest BCUT2D eigenvalue weighted by atomic mass is 10.0. The van der Waals surface area contributed by atoms with Crippen molar-refractivity contribution in [3.05, 3.63) is 83.6 Å². The van der Waals surface area contributed by atoms with Crippen LogP contribution in [0, 0.1) is 5.82 Å². The van der Waals surface area contributed by atoms with E-state index in [1.165, 1.54) is 30.1 Å². The number of amides is 1. The molecular weight excluding hydrogens is 355 g/mol. The number of aromatic nitrogens is 2. The van der Waals surface area contributed by atoms with Crippen LogP contribution in [-0.2, 0) is 6.42 Å². The second kappa shape index (κ2) is 9.08. The van der Waals surface area contributed by atoms with Gasteiger partial charge < -0.3 is 10.6 Å². The summed E-state index contributed by atoms with van der Waals surface area (Å²) in [6.07, 6.45) is 3.59. The van der Waals surface area contributed by atoms with Gasteiger partial charge in [-0.1, -0.05) is 38.1 Å². The van der Waals surface area contributed by atoms with Gasteiger partial charge in [-0.15, -0.1) is 0 Å². The minimum absolute atomic E-state index is 0.250. The molecule has 0 aliphatic heterocycles. The molecule has 2 N–H and O–H groups in total. The first kappa shape index (κ1) is 19.5. The third-order valence-corrected chi connectivity index (χ3v) is 4.35. The standard InChI is InChI=1S/C22H23FN4O/c1-15(2)17-5-9-19(10-6-17)27-21-14-25-20(13-26-21)22(28)24-12-11-16-3-7-18(23)8-4-16/h3-10,13-15H,11-12H2,1-2H3,(H,24,28)(H,26,27). The molecule has 0 aliphatic carbocycles. The summed E-state index contributed by atoms with van der Waals surface area (Å²) < 4.78 is 12.9. The Bertz CT molecular complexity index is 907. The fourth-order valence-electron chi connectivity index (χ4n) is 2.67. The molecule has 28 heavy (non-hydrogen) atoms. The van der Waals surface area contributed by atoms with Gasteiger partial charge in [0.25, 0.3) is 5.91 Å². The molecule has 1 amide bonds. The van der Waals surface area contributed by atoms with Gasteiger partial charge in [0.05, 0.1) is 12.4 Å². The predicted molar refractivity (Wildman–Crippen MR) is 108 cm³/mol. The van der Waals surface area contributed by atoms with Crippen molar-refractivity contribution in [2.75, 3.05) is 11.9 Å². The molecule has 0 bridgehead atoms. The third kappa shape index (κ3) is 5.36. The van der Waals surface area contributed by atoms with E-state index in [1.54, 1.807) is 12.1 Å². The average Bonchev–Trinajstić information content (AvgIpc) is 2.70. The van der Waals surface area contributed by atoms with Crippen LogP contribution < -0.4 is 10.6 Å². The van der Waals surface area contributed by atoms with Crippen LogP contribution in [0.15, 0.2) is 60.9 Å². The van der Waals surface area contributed by atoms with E-state index in [2.05, 4.69) is 46.6 Å². The van der Waals surface area contributed by atoms with E-state index in [0.29, 0.717) is 24.7 Å². The minimum Gasteiger partial charge on any atom is -0.350 e. The molecule has 144 valence electrons. The Morgan fingerprint density at radius 3 is 2.32 bits per heavy atom. The van der Waals surface area contributed by atoms with Gasteiger partial charge in [0.1, 0.15) is 17.3 Å². The number of nitrogens with one attached hydrogen (secondary N) is 2. The summed E-state index contributed by atoms with van der Waals surface area (Å²) in [5.41, 5.74) is 3.38. The Morgan fingerprint density at radius 2 is 1.71 bits per heavy atom. The normalized spacial score (nSPS) is 10.7. The summed E-state index contributed by atoms with van der Waals surface area (Å²) in [5.74, 6) is 0.491. The highest BCUT2D eigenvalue weighted by atomic mass is 19.1. The first-order chi connectivity index (χ1) is 13.5. The van der Waals surface area contributed by atoms with Crippen LogP contribution in [0.4, 0.5) is 15.9 Å². The van der Waals surface area contributed by atoms with Gasteiger partial charge in [0.2, 0.25) is 0 Å². The zero-order valence-corrected chi connectivity index (χ0v) is 15.9. The molecule has 0 radical (unpaired) electrons. The van der Waals surface area contributed by atoms with E-state index in [4.69, 9.17) is 0 Å². The van der Waals surface area contributed by atoms with Gasteiger partial charge >= 0.3 is 0 Å². The maximum absolute atomic E-state index is 12.9. The topological polar surface area (TPSA) is 66.9 Å². The summed E-state index contributed by atoms with van der Waals surface area (Å²) >= 11 is 0. The number of rotatable bonds is 7. The second-order valence-corrected chi connectivity index (χ2v) is 6.82. The van der Waals surface area contributed by atoms with Crippen molar-refractivity contribution in [2.45, 2.75) is 26.2 Å². The average molecular weight is 378 g/mol. The molecule has 2 aromatic carbocycles. The lowest BCUT2D eigenvalue weighted by Crippen LogP contribution is -2.26. The molecule has 0 atom stereocenters. The summed E-state index contributed by atoms with van der Waals surface area (Å²) in [7, 11) is 0. The zero-order chi connectivity index (χ0) is 19.9. The summed E-state index contributed by atoms with van der Waals surface area (Å²) in [6.45, 7) is 4.74. The van der Waals surface area contributed by atoms with Crippen LogP contribution in [0.1, 0.15) is 41.4 Å². The largest absolute Gasteiger partial charge is 0.350 e. The Balaban J connectivity index is 1.51. The number of carbonyl (C=O) groups excluding carboxylic acids is 1. The maximum Gasteiger partial charge on any atom is 0.271 e. The van der Waals surface area contributed by atoms with Crippen molar-refractivity contribution in [3.63, 3.8) is 0 Å². The van der Waals surface area contributed by atoms with Crippen molar-refractivity contribution in [1.29, 1.82) is 0 Å². The van der Waals surface area contributed by atoms with Crippen molar-refractivity contribution in [2.24, 2.45) is 0 Å². The highest BCUT2D eigenvalue weighted by Crippen LogP contribution is 2.19. The fourth-order valence-corrected chi connectivity index (χ4v) is 2.67. The molecule has 1 heterocycles. The van der Waals surface area contributed by atoms with E-state index in [0.717, 1.165) is 11.3 Å². The van der Waals surface area contributed by atoms with Gasteiger partial charge in [-0.3, -0.25) is 4.79 Å². The fraction of sp³-hybridized carbons (Fsp3) is 0.227. The number of hydrogen-bond acceptors (Lipinski definition) is 4. The SMILES string of the molecule is CC(C)c1ccc(Nc2cnc(C(=O)NCCc3ccc(F)cc3)cn2)cc1. The van der Waals surface area contributed by atoms with E-state index < -0.39 is 0 Å². The van der Waals surface area contributed by atoms with Crippen LogP contribution >= 0.6 is 0 Å². The summed E-state index contributed by atoms with van der Waals surface area (Å²) in [6, 6.07) is 14.4. The Labute approximate surface area is 164 Å². The molecule has 3 aromatic rings. The Hall–Kier alpha value is -3.28. The smallest absolute Gasteiger partial charge is 0.271 e. The zero-order valence-electron chi connectivity index (χ0n) is 15.9. The van der Waals surface area contributed by atoms with Crippen molar-refractivity contribution >= 4 is 17.4 Å². The number of nitrogens with zero attached hydrogens (tertiary/aromatic N) is 2. The van der Waals surface area contributed by atoms with Crippen LogP contribution in [0.25, 0.3) is 0 Å². The molecule has 0 fully saturated rings. The molecule has 0 unspecified atom stereocenters. The summed E-state index contributed by atoms with van der Waals surface area (Å²) in [5, 5.41) is 5.96. The number of halogens is 1. The second-order valence-electron chi connectivity index (χ2n) is 6.82. The molecule has 1 aromatic heterocycles. The van der Waals surface area contributed by atoms with Gasteiger partial charge in [-0.25, -0.2) is 14.4 Å². The van der Waals surface area contributed by atoms with E-state index >= 15 is 0 Å². The highest BCUT2D eigenvalue weighted by Gasteiger charge is 2.08. The third-order valence-electron chi connectivity index (χ3n) is 4.35. The number of hydrogen-bond donors (Lipinski definition) is 2. The Morgan fingerprint density at radius 1 is 1.00 bits per heavy atom. The van der Waals surface area contributed by atoms with Crippen molar-refractivity contribution in [1.82, 2.24) is 15.3 Å². The molecule has 0 spiro atoms. The lowest BCUT2D eigenvalue weighted by Gasteiger charge is -2.09. The van der Waals surface area contributed by atoms with E-state index in [-0.39, 0.29) is 17.4 Å². The summed E-state index contributed by atoms with van der Waals surface area (Å²) in [4.78, 5) is 20.6. The van der Waals surface area contributed by atoms with Crippen molar-refractivity contribution in [3.8, 4) is 0 Å².